The summed E-state index contributed by atoms with van der Waals surface area (Å²) in [4.78, 5) is 4.99. The van der Waals surface area contributed by atoms with Crippen molar-refractivity contribution in [3.8, 4) is 0 Å². The van der Waals surface area contributed by atoms with E-state index in [-0.39, 0.29) is 12.3 Å². The molecular weight excluding hydrogens is 292 g/mol. The standard InChI is InChI=1S/C14H14N2O2S2/c17-14-12-11(8-4-2-6-20-8)16(12)13(18-14)10-9(15-10)7-3-1-5-19-7/h1-6,9-15,17H/t9-,10+,11?,12?,13?,14-,16-/m1/s1. The molecule has 5 heterocycles. The van der Waals surface area contributed by atoms with E-state index in [1.807, 2.05) is 0 Å². The van der Waals surface area contributed by atoms with Gasteiger partial charge >= 0.3 is 0 Å². The molecule has 0 amide bonds. The van der Waals surface area contributed by atoms with E-state index < -0.39 is 6.29 Å². The molecule has 2 aromatic rings. The van der Waals surface area contributed by atoms with E-state index in [9.17, 15) is 5.11 Å². The van der Waals surface area contributed by atoms with Gasteiger partial charge in [0, 0.05) is 9.75 Å². The van der Waals surface area contributed by atoms with Crippen LogP contribution in [-0.2, 0) is 4.74 Å². The summed E-state index contributed by atoms with van der Waals surface area (Å²) in [5.74, 6) is 0. The molecule has 3 aliphatic heterocycles. The first-order valence-corrected chi connectivity index (χ1v) is 8.54. The third-order valence-electron chi connectivity index (χ3n) is 4.38. The lowest BCUT2D eigenvalue weighted by Crippen LogP contribution is -2.29. The van der Waals surface area contributed by atoms with E-state index in [1.54, 1.807) is 22.7 Å². The van der Waals surface area contributed by atoms with Crippen molar-refractivity contribution < 1.29 is 9.84 Å². The van der Waals surface area contributed by atoms with Gasteiger partial charge in [0.1, 0.15) is 6.23 Å². The van der Waals surface area contributed by atoms with Crippen LogP contribution in [0.3, 0.4) is 0 Å². The molecule has 5 rings (SSSR count). The minimum atomic E-state index is -0.654. The largest absolute Gasteiger partial charge is 0.366 e. The van der Waals surface area contributed by atoms with E-state index in [0.717, 1.165) is 0 Å². The second-order valence-electron chi connectivity index (χ2n) is 5.50. The lowest BCUT2D eigenvalue weighted by atomic mass is 10.2. The van der Waals surface area contributed by atoms with Crippen molar-refractivity contribution in [1.29, 1.82) is 0 Å². The van der Waals surface area contributed by atoms with Crippen LogP contribution in [0.15, 0.2) is 35.0 Å². The van der Waals surface area contributed by atoms with E-state index in [4.69, 9.17) is 4.74 Å². The average Bonchev–Trinajstić information content (AvgIpc) is 3.14. The summed E-state index contributed by atoms with van der Waals surface area (Å²) in [6.45, 7) is 0. The van der Waals surface area contributed by atoms with Crippen LogP contribution in [0, 0.1) is 0 Å². The van der Waals surface area contributed by atoms with Crippen LogP contribution < -0.4 is 5.32 Å². The highest BCUT2D eigenvalue weighted by molar-refractivity contribution is 7.10. The van der Waals surface area contributed by atoms with Crippen molar-refractivity contribution in [1.82, 2.24) is 10.2 Å². The molecule has 20 heavy (non-hydrogen) atoms. The number of hydrogen-bond donors (Lipinski definition) is 2. The van der Waals surface area contributed by atoms with Gasteiger partial charge in [-0.2, -0.15) is 0 Å². The molecule has 3 unspecified atom stereocenters. The Kier molecular flexibility index (Phi) is 2.45. The third kappa shape index (κ3) is 1.60. The van der Waals surface area contributed by atoms with Gasteiger partial charge in [0.2, 0.25) is 0 Å². The fourth-order valence-corrected chi connectivity index (χ4v) is 5.07. The maximum Gasteiger partial charge on any atom is 0.174 e. The molecule has 0 saturated carbocycles. The SMILES string of the molecule is O[C@@H]1OC([C@H]2N[C@@H]2c2cccs2)[N@]2C(c3cccs3)C12. The minimum Gasteiger partial charge on any atom is -0.366 e. The Labute approximate surface area is 124 Å². The summed E-state index contributed by atoms with van der Waals surface area (Å²) >= 11 is 3.53. The third-order valence-corrected chi connectivity index (χ3v) is 6.28. The van der Waals surface area contributed by atoms with Crippen molar-refractivity contribution in [2.45, 2.75) is 36.7 Å². The number of nitrogens with one attached hydrogen (secondary N) is 1. The van der Waals surface area contributed by atoms with Crippen LogP contribution >= 0.6 is 22.7 Å². The number of hydrogen-bond acceptors (Lipinski definition) is 6. The Hall–Kier alpha value is -0.760. The summed E-state index contributed by atoms with van der Waals surface area (Å²) in [5, 5.41) is 17.8. The van der Waals surface area contributed by atoms with Crippen molar-refractivity contribution in [3.63, 3.8) is 0 Å². The molecule has 7 atom stereocenters. The highest BCUT2D eigenvalue weighted by atomic mass is 32.1. The Bertz CT molecular complexity index is 615. The van der Waals surface area contributed by atoms with Gasteiger partial charge < -0.3 is 9.84 Å². The highest BCUT2D eigenvalue weighted by Crippen LogP contribution is 2.56. The van der Waals surface area contributed by atoms with Crippen LogP contribution in [0.1, 0.15) is 21.8 Å². The molecule has 104 valence electrons. The molecular formula is C14H14N2O2S2. The fraction of sp³-hybridized carbons (Fsp3) is 0.429. The first-order valence-electron chi connectivity index (χ1n) is 6.78. The number of aliphatic hydroxyl groups excluding tert-OH is 1. The topological polar surface area (TPSA) is 54.4 Å². The molecule has 0 aliphatic carbocycles. The normalized spacial score (nSPS) is 45.4. The molecule has 2 aromatic heterocycles. The maximum absolute atomic E-state index is 10.1. The molecule has 4 nitrogen and oxygen atoms in total. The van der Waals surface area contributed by atoms with Gasteiger partial charge in [-0.05, 0) is 22.9 Å². The summed E-state index contributed by atoms with van der Waals surface area (Å²) in [7, 11) is 0. The molecule has 0 radical (unpaired) electrons. The molecule has 6 heteroatoms. The molecule has 2 N–H and O–H groups in total. The minimum absolute atomic E-state index is 0.00537. The molecule has 3 aliphatic rings. The van der Waals surface area contributed by atoms with Crippen molar-refractivity contribution in [2.75, 3.05) is 0 Å². The van der Waals surface area contributed by atoms with Gasteiger partial charge in [0.15, 0.2) is 6.29 Å². The smallest absolute Gasteiger partial charge is 0.174 e. The molecule has 0 aromatic carbocycles. The second kappa shape index (κ2) is 4.13. The van der Waals surface area contributed by atoms with Gasteiger partial charge in [-0.1, -0.05) is 12.1 Å². The predicted molar refractivity (Wildman–Crippen MR) is 77.6 cm³/mol. The lowest BCUT2D eigenvalue weighted by Gasteiger charge is -2.16. The monoisotopic (exact) mass is 306 g/mol. The molecule has 3 saturated heterocycles. The lowest BCUT2D eigenvalue weighted by molar-refractivity contribution is -0.117. The van der Waals surface area contributed by atoms with Gasteiger partial charge in [0.25, 0.3) is 0 Å². The fourth-order valence-electron chi connectivity index (χ4n) is 3.36. The van der Waals surface area contributed by atoms with Crippen molar-refractivity contribution in [3.05, 3.63) is 44.8 Å². The molecule has 0 bridgehead atoms. The first-order chi connectivity index (χ1) is 9.84. The Morgan fingerprint density at radius 3 is 2.60 bits per heavy atom. The van der Waals surface area contributed by atoms with E-state index in [1.165, 1.54) is 9.75 Å². The van der Waals surface area contributed by atoms with E-state index >= 15 is 0 Å². The molecule has 0 spiro atoms. The number of aliphatic hydroxyl groups is 1. The van der Waals surface area contributed by atoms with Crippen LogP contribution in [0.25, 0.3) is 0 Å². The zero-order valence-corrected chi connectivity index (χ0v) is 12.2. The summed E-state index contributed by atoms with van der Waals surface area (Å²) in [6, 6.07) is 9.63. The Morgan fingerprint density at radius 1 is 1.15 bits per heavy atom. The number of fused-ring (bicyclic) bond motifs is 1. The zero-order chi connectivity index (χ0) is 13.3. The Balaban J connectivity index is 1.36. The summed E-state index contributed by atoms with van der Waals surface area (Å²) in [6.07, 6.45) is -0.660. The van der Waals surface area contributed by atoms with Gasteiger partial charge in [-0.3, -0.25) is 10.2 Å². The second-order valence-corrected chi connectivity index (χ2v) is 7.46. The number of ether oxygens (including phenoxy) is 1. The van der Waals surface area contributed by atoms with Crippen LogP contribution in [0.5, 0.6) is 0 Å². The zero-order valence-electron chi connectivity index (χ0n) is 10.5. The highest BCUT2D eigenvalue weighted by Gasteiger charge is 2.67. The van der Waals surface area contributed by atoms with E-state index in [0.29, 0.717) is 18.1 Å². The molecule has 3 fully saturated rings. The van der Waals surface area contributed by atoms with Crippen LogP contribution in [-0.4, -0.2) is 34.6 Å². The number of thiophene rings is 2. The number of nitrogens with zero attached hydrogens (tertiary/aromatic N) is 1. The summed E-state index contributed by atoms with van der Waals surface area (Å²) < 4.78 is 5.73. The van der Waals surface area contributed by atoms with Crippen LogP contribution in [0.4, 0.5) is 0 Å². The van der Waals surface area contributed by atoms with Crippen molar-refractivity contribution >= 4 is 22.7 Å². The van der Waals surface area contributed by atoms with Gasteiger partial charge in [-0.15, -0.1) is 22.7 Å². The maximum atomic E-state index is 10.1. The van der Waals surface area contributed by atoms with Crippen LogP contribution in [0.2, 0.25) is 0 Å². The first kappa shape index (κ1) is 11.9. The van der Waals surface area contributed by atoms with Gasteiger partial charge in [0.05, 0.1) is 24.2 Å². The van der Waals surface area contributed by atoms with Crippen molar-refractivity contribution in [2.24, 2.45) is 0 Å². The van der Waals surface area contributed by atoms with Gasteiger partial charge in [-0.25, -0.2) is 0 Å². The summed E-state index contributed by atoms with van der Waals surface area (Å²) in [5.41, 5.74) is 0. The number of rotatable bonds is 3. The predicted octanol–water partition coefficient (Wildman–Crippen LogP) is 1.92. The average molecular weight is 306 g/mol. The van der Waals surface area contributed by atoms with E-state index in [2.05, 4.69) is 45.2 Å². The Morgan fingerprint density at radius 2 is 1.90 bits per heavy atom. The quantitative estimate of drug-likeness (QED) is 0.851.